The molecule has 1 aliphatic carbocycles. The maximum absolute atomic E-state index is 5.73. The summed E-state index contributed by atoms with van der Waals surface area (Å²) in [5, 5.41) is 0. The van der Waals surface area contributed by atoms with Gasteiger partial charge in [-0.25, -0.2) is 4.99 Å². The fraction of sp³-hybridized carbons (Fsp3) is 0.294. The van der Waals surface area contributed by atoms with E-state index in [1.807, 2.05) is 12.3 Å². The second kappa shape index (κ2) is 4.58. The monoisotopic (exact) mass is 279 g/mol. The van der Waals surface area contributed by atoms with E-state index in [0.29, 0.717) is 12.6 Å². The van der Waals surface area contributed by atoms with Crippen LogP contribution in [0.3, 0.4) is 0 Å². The third kappa shape index (κ3) is 2.07. The lowest BCUT2D eigenvalue weighted by Crippen LogP contribution is -2.35. The second-order valence-electron chi connectivity index (χ2n) is 5.82. The summed E-state index contributed by atoms with van der Waals surface area (Å²) in [6.45, 7) is 0.597. The van der Waals surface area contributed by atoms with Crippen LogP contribution in [-0.4, -0.2) is 23.2 Å². The third-order valence-corrected chi connectivity index (χ3v) is 4.45. The lowest BCUT2D eigenvalue weighted by molar-refractivity contribution is 0.235. The first-order valence-electron chi connectivity index (χ1n) is 7.25. The molecule has 0 amide bonds. The van der Waals surface area contributed by atoms with Crippen molar-refractivity contribution in [1.82, 2.24) is 4.98 Å². The fourth-order valence-corrected chi connectivity index (χ4v) is 3.38. The van der Waals surface area contributed by atoms with Crippen LogP contribution in [0, 0.1) is 0 Å². The molecule has 1 spiro atoms. The Bertz CT molecular complexity index is 711. The number of pyridine rings is 1. The van der Waals surface area contributed by atoms with E-state index in [2.05, 4.69) is 34.2 Å². The van der Waals surface area contributed by atoms with Gasteiger partial charge in [-0.15, -0.1) is 0 Å². The SMILES string of the molecule is NC1=NC2(CCc3cccc(-c4cccnc4)c3C2)CO1. The molecule has 0 bridgehead atoms. The van der Waals surface area contributed by atoms with Gasteiger partial charge in [-0.1, -0.05) is 24.3 Å². The lowest BCUT2D eigenvalue weighted by Gasteiger charge is -2.31. The molecular formula is C17H17N3O. The number of amidine groups is 1. The summed E-state index contributed by atoms with van der Waals surface area (Å²) in [7, 11) is 0. The normalized spacial score (nSPS) is 23.5. The molecule has 0 saturated carbocycles. The van der Waals surface area contributed by atoms with Gasteiger partial charge in [0.1, 0.15) is 12.1 Å². The summed E-state index contributed by atoms with van der Waals surface area (Å²) in [4.78, 5) is 8.81. The number of nitrogens with zero attached hydrogens (tertiary/aromatic N) is 2. The van der Waals surface area contributed by atoms with E-state index in [0.717, 1.165) is 24.8 Å². The number of hydrogen-bond donors (Lipinski definition) is 1. The average molecular weight is 279 g/mol. The standard InChI is InChI=1S/C17H17N3O/c18-16-20-17(11-21-16)7-6-12-3-1-5-14(15(12)9-17)13-4-2-8-19-10-13/h1-5,8,10H,6-7,9,11H2,(H2,18,20). The molecule has 1 aromatic heterocycles. The first kappa shape index (κ1) is 12.4. The lowest BCUT2D eigenvalue weighted by atomic mass is 9.76. The molecule has 21 heavy (non-hydrogen) atoms. The largest absolute Gasteiger partial charge is 0.463 e. The van der Waals surface area contributed by atoms with Gasteiger partial charge in [0.2, 0.25) is 0 Å². The Kier molecular flexibility index (Phi) is 2.70. The number of ether oxygens (including phenoxy) is 1. The number of fused-ring (bicyclic) bond motifs is 1. The van der Waals surface area contributed by atoms with Crippen molar-refractivity contribution in [3.63, 3.8) is 0 Å². The Balaban J connectivity index is 1.80. The summed E-state index contributed by atoms with van der Waals surface area (Å²) in [6.07, 6.45) is 6.62. The van der Waals surface area contributed by atoms with Crippen LogP contribution < -0.4 is 5.73 Å². The Morgan fingerprint density at radius 1 is 1.19 bits per heavy atom. The summed E-state index contributed by atoms with van der Waals surface area (Å²) in [6, 6.07) is 10.9. The van der Waals surface area contributed by atoms with Crippen molar-refractivity contribution >= 4 is 6.02 Å². The number of rotatable bonds is 1. The van der Waals surface area contributed by atoms with Crippen molar-refractivity contribution in [2.24, 2.45) is 10.7 Å². The zero-order valence-electron chi connectivity index (χ0n) is 11.7. The van der Waals surface area contributed by atoms with Crippen LogP contribution >= 0.6 is 0 Å². The number of aryl methyl sites for hydroxylation is 1. The molecule has 2 aromatic rings. The molecule has 2 aliphatic rings. The Morgan fingerprint density at radius 2 is 2.14 bits per heavy atom. The molecule has 2 heterocycles. The van der Waals surface area contributed by atoms with Gasteiger partial charge in [-0.3, -0.25) is 4.98 Å². The summed E-state index contributed by atoms with van der Waals surface area (Å²) < 4.78 is 5.42. The van der Waals surface area contributed by atoms with E-state index in [-0.39, 0.29) is 5.54 Å². The van der Waals surface area contributed by atoms with E-state index in [1.54, 1.807) is 6.20 Å². The smallest absolute Gasteiger partial charge is 0.282 e. The molecule has 1 atom stereocenters. The minimum absolute atomic E-state index is 0.171. The molecule has 1 aromatic carbocycles. The molecule has 0 fully saturated rings. The first-order chi connectivity index (χ1) is 10.3. The van der Waals surface area contributed by atoms with Crippen molar-refractivity contribution in [3.8, 4) is 11.1 Å². The predicted molar refractivity (Wildman–Crippen MR) is 82.0 cm³/mol. The number of benzene rings is 1. The van der Waals surface area contributed by atoms with E-state index in [9.17, 15) is 0 Å². The topological polar surface area (TPSA) is 60.5 Å². The third-order valence-electron chi connectivity index (χ3n) is 4.45. The molecule has 4 rings (SSSR count). The molecule has 1 unspecified atom stereocenters. The van der Waals surface area contributed by atoms with E-state index >= 15 is 0 Å². The zero-order valence-corrected chi connectivity index (χ0v) is 11.7. The van der Waals surface area contributed by atoms with Gasteiger partial charge in [0, 0.05) is 24.4 Å². The van der Waals surface area contributed by atoms with Crippen molar-refractivity contribution in [3.05, 3.63) is 53.9 Å². The molecule has 106 valence electrons. The quantitative estimate of drug-likeness (QED) is 0.871. The molecule has 0 saturated heterocycles. The molecule has 2 N–H and O–H groups in total. The van der Waals surface area contributed by atoms with Crippen LogP contribution in [0.4, 0.5) is 0 Å². The van der Waals surface area contributed by atoms with Gasteiger partial charge >= 0.3 is 0 Å². The van der Waals surface area contributed by atoms with Crippen LogP contribution in [0.2, 0.25) is 0 Å². The van der Waals surface area contributed by atoms with Crippen LogP contribution in [0.5, 0.6) is 0 Å². The van der Waals surface area contributed by atoms with Gasteiger partial charge in [0.05, 0.1) is 0 Å². The fourth-order valence-electron chi connectivity index (χ4n) is 3.38. The maximum atomic E-state index is 5.73. The summed E-state index contributed by atoms with van der Waals surface area (Å²) in [5.74, 6) is 0. The molecule has 4 heteroatoms. The average Bonchev–Trinajstić information content (AvgIpc) is 2.88. The molecular weight excluding hydrogens is 262 g/mol. The van der Waals surface area contributed by atoms with Crippen LogP contribution in [0.1, 0.15) is 17.5 Å². The number of aromatic nitrogens is 1. The van der Waals surface area contributed by atoms with Crippen LogP contribution in [0.15, 0.2) is 47.7 Å². The summed E-state index contributed by atoms with van der Waals surface area (Å²) >= 11 is 0. The van der Waals surface area contributed by atoms with Crippen molar-refractivity contribution in [2.75, 3.05) is 6.61 Å². The highest BCUT2D eigenvalue weighted by Gasteiger charge is 2.40. The number of aliphatic imine (C=N–C) groups is 1. The van der Waals surface area contributed by atoms with Gasteiger partial charge in [-0.05, 0) is 35.6 Å². The highest BCUT2D eigenvalue weighted by molar-refractivity contribution is 5.74. The highest BCUT2D eigenvalue weighted by atomic mass is 16.5. The van der Waals surface area contributed by atoms with Crippen LogP contribution in [0.25, 0.3) is 11.1 Å². The minimum atomic E-state index is -0.171. The minimum Gasteiger partial charge on any atom is -0.463 e. The van der Waals surface area contributed by atoms with E-state index < -0.39 is 0 Å². The van der Waals surface area contributed by atoms with Crippen molar-refractivity contribution in [1.29, 1.82) is 0 Å². The first-order valence-corrected chi connectivity index (χ1v) is 7.25. The van der Waals surface area contributed by atoms with Gasteiger partial charge in [0.15, 0.2) is 0 Å². The Morgan fingerprint density at radius 3 is 2.90 bits per heavy atom. The van der Waals surface area contributed by atoms with E-state index in [1.165, 1.54) is 16.7 Å². The van der Waals surface area contributed by atoms with Gasteiger partial charge < -0.3 is 10.5 Å². The molecule has 0 radical (unpaired) electrons. The van der Waals surface area contributed by atoms with Crippen molar-refractivity contribution in [2.45, 2.75) is 24.8 Å². The van der Waals surface area contributed by atoms with Crippen LogP contribution in [-0.2, 0) is 17.6 Å². The maximum Gasteiger partial charge on any atom is 0.282 e. The Hall–Kier alpha value is -2.36. The molecule has 1 aliphatic heterocycles. The second-order valence-corrected chi connectivity index (χ2v) is 5.82. The van der Waals surface area contributed by atoms with Crippen molar-refractivity contribution < 1.29 is 4.74 Å². The number of nitrogens with two attached hydrogens (primary N) is 1. The highest BCUT2D eigenvalue weighted by Crippen LogP contribution is 2.38. The van der Waals surface area contributed by atoms with Gasteiger partial charge in [-0.2, -0.15) is 0 Å². The zero-order chi connectivity index (χ0) is 14.3. The summed E-state index contributed by atoms with van der Waals surface area (Å²) in [5.41, 5.74) is 10.7. The number of hydrogen-bond acceptors (Lipinski definition) is 4. The van der Waals surface area contributed by atoms with E-state index in [4.69, 9.17) is 10.5 Å². The Labute approximate surface area is 123 Å². The predicted octanol–water partition coefficient (Wildman–Crippen LogP) is 2.32. The molecule has 4 nitrogen and oxygen atoms in total. The van der Waals surface area contributed by atoms with Gasteiger partial charge in [0.25, 0.3) is 6.02 Å².